The zero-order valence-electron chi connectivity index (χ0n) is 12.3. The van der Waals surface area contributed by atoms with E-state index in [9.17, 15) is 4.39 Å². The van der Waals surface area contributed by atoms with Crippen LogP contribution in [-0.4, -0.2) is 13.1 Å². The van der Waals surface area contributed by atoms with E-state index in [1.165, 1.54) is 0 Å². The van der Waals surface area contributed by atoms with E-state index in [0.717, 1.165) is 15.6 Å². The Morgan fingerprint density at radius 1 is 1.24 bits per heavy atom. The first-order valence-corrected chi connectivity index (χ1v) is 7.75. The Labute approximate surface area is 133 Å². The van der Waals surface area contributed by atoms with Crippen LogP contribution in [0.4, 0.5) is 10.1 Å². The normalized spacial score (nSPS) is 12.2. The van der Waals surface area contributed by atoms with Gasteiger partial charge in [-0.05, 0) is 42.7 Å². The summed E-state index contributed by atoms with van der Waals surface area (Å²) in [5.41, 5.74) is 8.40. The van der Waals surface area contributed by atoms with Gasteiger partial charge in [0.05, 0.1) is 5.69 Å². The van der Waals surface area contributed by atoms with Crippen LogP contribution >= 0.6 is 15.9 Å². The monoisotopic (exact) mass is 350 g/mol. The summed E-state index contributed by atoms with van der Waals surface area (Å²) in [4.78, 5) is 1.91. The van der Waals surface area contributed by atoms with Gasteiger partial charge in [0.1, 0.15) is 5.82 Å². The lowest BCUT2D eigenvalue weighted by molar-refractivity contribution is 0.617. The second kappa shape index (κ2) is 7.05. The van der Waals surface area contributed by atoms with Crippen LogP contribution in [0.1, 0.15) is 18.1 Å². The lowest BCUT2D eigenvalue weighted by atomic mass is 10.1. The molecule has 1 unspecified atom stereocenters. The lowest BCUT2D eigenvalue weighted by Gasteiger charge is -2.21. The molecule has 0 aliphatic rings. The molecular formula is C17H20BrFN2. The van der Waals surface area contributed by atoms with E-state index in [-0.39, 0.29) is 11.9 Å². The van der Waals surface area contributed by atoms with Crippen LogP contribution in [0.15, 0.2) is 46.9 Å². The highest BCUT2D eigenvalue weighted by Crippen LogP contribution is 2.24. The molecule has 0 saturated heterocycles. The fraction of sp³-hybridized carbons (Fsp3) is 0.294. The minimum Gasteiger partial charge on any atom is -0.368 e. The van der Waals surface area contributed by atoms with Crippen LogP contribution in [0.2, 0.25) is 0 Å². The molecule has 2 rings (SSSR count). The van der Waals surface area contributed by atoms with E-state index in [1.807, 2.05) is 55.3 Å². The topological polar surface area (TPSA) is 29.3 Å². The lowest BCUT2D eigenvalue weighted by Crippen LogP contribution is -2.19. The highest BCUT2D eigenvalue weighted by molar-refractivity contribution is 9.10. The highest BCUT2D eigenvalue weighted by Gasteiger charge is 2.11. The fourth-order valence-corrected chi connectivity index (χ4v) is 2.74. The Morgan fingerprint density at radius 3 is 2.57 bits per heavy atom. The van der Waals surface area contributed by atoms with Gasteiger partial charge in [-0.1, -0.05) is 40.2 Å². The quantitative estimate of drug-likeness (QED) is 0.878. The zero-order chi connectivity index (χ0) is 15.4. The average molecular weight is 351 g/mol. The zero-order valence-corrected chi connectivity index (χ0v) is 13.9. The predicted octanol–water partition coefficient (Wildman–Crippen LogP) is 4.11. The molecule has 4 heteroatoms. The molecule has 2 N–H and O–H groups in total. The number of anilines is 1. The van der Waals surface area contributed by atoms with Crippen molar-refractivity contribution in [3.8, 4) is 0 Å². The SMILES string of the molecule is CC(N)Cc1ccc(N(C)Cc2ccccc2Br)c(F)c1. The van der Waals surface area contributed by atoms with E-state index < -0.39 is 0 Å². The molecule has 0 saturated carbocycles. The van der Waals surface area contributed by atoms with Crippen LogP contribution in [0, 0.1) is 5.82 Å². The molecule has 2 aromatic rings. The Morgan fingerprint density at radius 2 is 1.95 bits per heavy atom. The molecule has 2 nitrogen and oxygen atoms in total. The summed E-state index contributed by atoms with van der Waals surface area (Å²) < 4.78 is 15.3. The molecule has 1 atom stereocenters. The van der Waals surface area contributed by atoms with Crippen LogP contribution in [0.3, 0.4) is 0 Å². The van der Waals surface area contributed by atoms with Crippen molar-refractivity contribution in [2.75, 3.05) is 11.9 Å². The maximum atomic E-state index is 14.3. The summed E-state index contributed by atoms with van der Waals surface area (Å²) in [5.74, 6) is -0.206. The van der Waals surface area contributed by atoms with E-state index in [2.05, 4.69) is 15.9 Å². The Bertz CT molecular complexity index is 613. The molecule has 0 heterocycles. The fourth-order valence-electron chi connectivity index (χ4n) is 2.33. The van der Waals surface area contributed by atoms with Gasteiger partial charge in [-0.2, -0.15) is 0 Å². The van der Waals surface area contributed by atoms with E-state index >= 15 is 0 Å². The van der Waals surface area contributed by atoms with Gasteiger partial charge in [0.25, 0.3) is 0 Å². The molecule has 2 aromatic carbocycles. The molecule has 0 aromatic heterocycles. The number of nitrogens with two attached hydrogens (primary N) is 1. The summed E-state index contributed by atoms with van der Waals surface area (Å²) >= 11 is 3.52. The van der Waals surface area contributed by atoms with Crippen LogP contribution in [0.5, 0.6) is 0 Å². The molecule has 0 amide bonds. The van der Waals surface area contributed by atoms with Crippen LogP contribution in [0.25, 0.3) is 0 Å². The summed E-state index contributed by atoms with van der Waals surface area (Å²) in [6.07, 6.45) is 0.686. The first kappa shape index (κ1) is 16.0. The van der Waals surface area contributed by atoms with Gasteiger partial charge in [-0.25, -0.2) is 4.39 Å². The van der Waals surface area contributed by atoms with Crippen molar-refractivity contribution in [1.82, 2.24) is 0 Å². The number of hydrogen-bond acceptors (Lipinski definition) is 2. The number of rotatable bonds is 5. The minimum absolute atomic E-state index is 0.0354. The van der Waals surface area contributed by atoms with Crippen molar-refractivity contribution in [3.05, 3.63) is 63.9 Å². The van der Waals surface area contributed by atoms with E-state index in [4.69, 9.17) is 5.73 Å². The third-order valence-electron chi connectivity index (χ3n) is 3.35. The van der Waals surface area contributed by atoms with Crippen molar-refractivity contribution in [2.45, 2.75) is 25.9 Å². The second-order valence-corrected chi connectivity index (χ2v) is 6.27. The molecule has 0 radical (unpaired) electrons. The third kappa shape index (κ3) is 4.29. The Kier molecular flexibility index (Phi) is 5.37. The van der Waals surface area contributed by atoms with Crippen LogP contribution in [-0.2, 0) is 13.0 Å². The maximum absolute atomic E-state index is 14.3. The largest absolute Gasteiger partial charge is 0.368 e. The summed E-state index contributed by atoms with van der Waals surface area (Å²) in [7, 11) is 1.89. The minimum atomic E-state index is -0.206. The van der Waals surface area contributed by atoms with Crippen LogP contribution < -0.4 is 10.6 Å². The van der Waals surface area contributed by atoms with Gasteiger partial charge in [0.2, 0.25) is 0 Å². The number of benzene rings is 2. The molecular weight excluding hydrogens is 331 g/mol. The molecule has 112 valence electrons. The highest BCUT2D eigenvalue weighted by atomic mass is 79.9. The second-order valence-electron chi connectivity index (χ2n) is 5.41. The molecule has 0 aliphatic carbocycles. The van der Waals surface area contributed by atoms with Crippen molar-refractivity contribution < 1.29 is 4.39 Å². The number of hydrogen-bond donors (Lipinski definition) is 1. The van der Waals surface area contributed by atoms with Gasteiger partial charge >= 0.3 is 0 Å². The smallest absolute Gasteiger partial charge is 0.146 e. The van der Waals surface area contributed by atoms with Crippen molar-refractivity contribution in [3.63, 3.8) is 0 Å². The first-order chi connectivity index (χ1) is 9.97. The van der Waals surface area contributed by atoms with Crippen molar-refractivity contribution in [1.29, 1.82) is 0 Å². The summed E-state index contributed by atoms with van der Waals surface area (Å²) in [6, 6.07) is 13.4. The molecule has 0 fully saturated rings. The Balaban J connectivity index is 2.16. The molecule has 0 aliphatic heterocycles. The van der Waals surface area contributed by atoms with Gasteiger partial charge in [-0.15, -0.1) is 0 Å². The number of halogens is 2. The summed E-state index contributed by atoms with van der Waals surface area (Å²) in [5, 5.41) is 0. The molecule has 0 bridgehead atoms. The standard InChI is InChI=1S/C17H20BrFN2/c1-12(20)9-13-7-8-17(16(19)10-13)21(2)11-14-5-3-4-6-15(14)18/h3-8,10,12H,9,11,20H2,1-2H3. The maximum Gasteiger partial charge on any atom is 0.146 e. The number of nitrogens with zero attached hydrogens (tertiary/aromatic N) is 1. The van der Waals surface area contributed by atoms with Gasteiger partial charge in [0.15, 0.2) is 0 Å². The predicted molar refractivity (Wildman–Crippen MR) is 90.0 cm³/mol. The van der Waals surface area contributed by atoms with Gasteiger partial charge < -0.3 is 10.6 Å². The molecule has 0 spiro atoms. The summed E-state index contributed by atoms with van der Waals surface area (Å²) in [6.45, 7) is 2.57. The van der Waals surface area contributed by atoms with Gasteiger partial charge in [0, 0.05) is 24.1 Å². The van der Waals surface area contributed by atoms with Gasteiger partial charge in [-0.3, -0.25) is 0 Å². The van der Waals surface area contributed by atoms with E-state index in [1.54, 1.807) is 6.07 Å². The Hall–Kier alpha value is -1.39. The third-order valence-corrected chi connectivity index (χ3v) is 4.12. The molecule has 21 heavy (non-hydrogen) atoms. The average Bonchev–Trinajstić information content (AvgIpc) is 2.40. The van der Waals surface area contributed by atoms with Crippen molar-refractivity contribution in [2.24, 2.45) is 5.73 Å². The first-order valence-electron chi connectivity index (χ1n) is 6.96. The van der Waals surface area contributed by atoms with Crippen molar-refractivity contribution >= 4 is 21.6 Å². The van der Waals surface area contributed by atoms with E-state index in [0.29, 0.717) is 18.7 Å².